The van der Waals surface area contributed by atoms with Crippen LogP contribution in [0.4, 0.5) is 10.5 Å². The highest BCUT2D eigenvalue weighted by atomic mass is 16.5. The Labute approximate surface area is 198 Å². The second kappa shape index (κ2) is 10.8. The van der Waals surface area contributed by atoms with Gasteiger partial charge in [-0.05, 0) is 67.3 Å². The molecule has 174 valence electrons. The maximum Gasteiger partial charge on any atom is 0.321 e. The predicted octanol–water partition coefficient (Wildman–Crippen LogP) is 5.19. The second-order valence-electron chi connectivity index (χ2n) is 9.50. The van der Waals surface area contributed by atoms with Crippen LogP contribution in [0.1, 0.15) is 50.2 Å². The molecule has 0 unspecified atom stereocenters. The smallest absolute Gasteiger partial charge is 0.321 e. The summed E-state index contributed by atoms with van der Waals surface area (Å²) in [6.45, 7) is 8.11. The minimum Gasteiger partial charge on any atom is -0.497 e. The van der Waals surface area contributed by atoms with Crippen molar-refractivity contribution < 1.29 is 9.53 Å². The van der Waals surface area contributed by atoms with E-state index in [4.69, 9.17) is 4.74 Å². The van der Waals surface area contributed by atoms with Gasteiger partial charge >= 0.3 is 6.03 Å². The van der Waals surface area contributed by atoms with Gasteiger partial charge in [-0.2, -0.15) is 0 Å². The summed E-state index contributed by atoms with van der Waals surface area (Å²) in [4.78, 5) is 17.6. The Morgan fingerprint density at radius 3 is 2.48 bits per heavy atom. The molecule has 2 aromatic rings. The van der Waals surface area contributed by atoms with Gasteiger partial charge < -0.3 is 15.0 Å². The van der Waals surface area contributed by atoms with Gasteiger partial charge in [-0.3, -0.25) is 4.90 Å². The molecular weight excluding hydrogens is 410 g/mol. The molecule has 0 aliphatic carbocycles. The lowest BCUT2D eigenvalue weighted by Crippen LogP contribution is -2.61. The third-order valence-corrected chi connectivity index (χ3v) is 6.61. The molecule has 0 saturated carbocycles. The highest BCUT2D eigenvalue weighted by molar-refractivity contribution is 5.89. The van der Waals surface area contributed by atoms with Crippen molar-refractivity contribution in [2.45, 2.75) is 45.1 Å². The van der Waals surface area contributed by atoms with Gasteiger partial charge in [0.05, 0.1) is 7.11 Å². The van der Waals surface area contributed by atoms with Gasteiger partial charge in [0.15, 0.2) is 0 Å². The molecule has 2 atom stereocenters. The fraction of sp³-hybridized carbons (Fsp3) is 0.464. The zero-order chi connectivity index (χ0) is 23.2. The van der Waals surface area contributed by atoms with Crippen LogP contribution in [0.25, 0.3) is 0 Å². The van der Waals surface area contributed by atoms with Crippen LogP contribution in [0.15, 0.2) is 48.5 Å². The number of benzene rings is 2. The largest absolute Gasteiger partial charge is 0.497 e. The molecular formula is C28H35N3O2. The maximum absolute atomic E-state index is 13.0. The van der Waals surface area contributed by atoms with E-state index in [1.807, 2.05) is 29.2 Å². The summed E-state index contributed by atoms with van der Waals surface area (Å²) in [7, 11) is 1.64. The Hall–Kier alpha value is -2.97. The molecule has 2 amide bonds. The zero-order valence-corrected chi connectivity index (χ0v) is 20.0. The first-order valence-corrected chi connectivity index (χ1v) is 12.1. The van der Waals surface area contributed by atoms with E-state index in [1.165, 1.54) is 5.56 Å². The van der Waals surface area contributed by atoms with Crippen LogP contribution in [0, 0.1) is 17.8 Å². The van der Waals surface area contributed by atoms with E-state index in [-0.39, 0.29) is 6.03 Å². The Bertz CT molecular complexity index is 989. The van der Waals surface area contributed by atoms with Gasteiger partial charge in [-0.15, -0.1) is 0 Å². The Morgan fingerprint density at radius 2 is 1.79 bits per heavy atom. The summed E-state index contributed by atoms with van der Waals surface area (Å²) in [6.07, 6.45) is 3.09. The monoisotopic (exact) mass is 445 g/mol. The van der Waals surface area contributed by atoms with Crippen molar-refractivity contribution in [3.63, 3.8) is 0 Å². The van der Waals surface area contributed by atoms with Gasteiger partial charge in [0, 0.05) is 49.3 Å². The molecule has 2 aromatic carbocycles. The first-order chi connectivity index (χ1) is 16.0. The van der Waals surface area contributed by atoms with Crippen LogP contribution in [-0.4, -0.2) is 55.2 Å². The lowest BCUT2D eigenvalue weighted by molar-refractivity contribution is 0.0272. The molecule has 5 heteroatoms. The van der Waals surface area contributed by atoms with E-state index >= 15 is 0 Å². The summed E-state index contributed by atoms with van der Waals surface area (Å²) >= 11 is 0. The summed E-state index contributed by atoms with van der Waals surface area (Å²) < 4.78 is 5.21. The van der Waals surface area contributed by atoms with Gasteiger partial charge in [-0.1, -0.05) is 37.8 Å². The quantitative estimate of drug-likeness (QED) is 0.659. The molecule has 1 N–H and O–H groups in total. The van der Waals surface area contributed by atoms with Crippen molar-refractivity contribution in [1.29, 1.82) is 0 Å². The van der Waals surface area contributed by atoms with Crippen molar-refractivity contribution in [3.05, 3.63) is 59.7 Å². The summed E-state index contributed by atoms with van der Waals surface area (Å²) in [6, 6.07) is 16.6. The van der Waals surface area contributed by atoms with Crippen LogP contribution in [-0.2, 0) is 0 Å². The Morgan fingerprint density at radius 1 is 1.06 bits per heavy atom. The molecule has 2 heterocycles. The molecule has 2 aliphatic rings. The van der Waals surface area contributed by atoms with Crippen LogP contribution in [0.5, 0.6) is 5.75 Å². The number of nitrogens with one attached hydrogen (secondary N) is 1. The molecule has 0 bridgehead atoms. The Kier molecular flexibility index (Phi) is 7.57. The number of carbonyl (C=O) groups is 1. The van der Waals surface area contributed by atoms with E-state index < -0.39 is 0 Å². The lowest BCUT2D eigenvalue weighted by Gasteiger charge is -2.51. The molecule has 2 fully saturated rings. The second-order valence-corrected chi connectivity index (χ2v) is 9.50. The topological polar surface area (TPSA) is 44.8 Å². The number of anilines is 1. The molecule has 5 nitrogen and oxygen atoms in total. The first-order valence-electron chi connectivity index (χ1n) is 12.1. The van der Waals surface area contributed by atoms with Crippen LogP contribution < -0.4 is 10.1 Å². The number of ether oxygens (including phenoxy) is 1. The predicted molar refractivity (Wildman–Crippen MR) is 134 cm³/mol. The SMILES string of the molecule is COc1ccc(NC(=O)N2CCCCN3C[C@H](c4ccc(C#CCC(C)C)cc4)[C@@H]3C2)cc1. The molecule has 0 spiro atoms. The van der Waals surface area contributed by atoms with Crippen molar-refractivity contribution in [2.24, 2.45) is 5.92 Å². The van der Waals surface area contributed by atoms with Crippen molar-refractivity contribution in [2.75, 3.05) is 38.6 Å². The van der Waals surface area contributed by atoms with Gasteiger partial charge in [0.2, 0.25) is 0 Å². The van der Waals surface area contributed by atoms with Crippen LogP contribution in [0.2, 0.25) is 0 Å². The fourth-order valence-electron chi connectivity index (χ4n) is 4.62. The number of hydrogen-bond donors (Lipinski definition) is 1. The van der Waals surface area contributed by atoms with Crippen molar-refractivity contribution >= 4 is 11.7 Å². The highest BCUT2D eigenvalue weighted by Gasteiger charge is 2.41. The van der Waals surface area contributed by atoms with E-state index in [9.17, 15) is 4.79 Å². The van der Waals surface area contributed by atoms with E-state index in [0.717, 1.165) is 62.4 Å². The summed E-state index contributed by atoms with van der Waals surface area (Å²) in [5.74, 6) is 8.38. The van der Waals surface area contributed by atoms with E-state index in [2.05, 4.69) is 60.2 Å². The van der Waals surface area contributed by atoms with E-state index in [0.29, 0.717) is 17.9 Å². The van der Waals surface area contributed by atoms with Gasteiger partial charge in [0.1, 0.15) is 5.75 Å². The molecule has 0 radical (unpaired) electrons. The third kappa shape index (κ3) is 5.89. The minimum atomic E-state index is -0.0246. The number of amides is 2. The molecule has 4 rings (SSSR count). The maximum atomic E-state index is 13.0. The molecule has 0 aromatic heterocycles. The molecule has 2 aliphatic heterocycles. The highest BCUT2D eigenvalue weighted by Crippen LogP contribution is 2.36. The number of nitrogens with zero attached hydrogens (tertiary/aromatic N) is 2. The van der Waals surface area contributed by atoms with Crippen molar-refractivity contribution in [1.82, 2.24) is 9.80 Å². The number of hydrogen-bond acceptors (Lipinski definition) is 3. The third-order valence-electron chi connectivity index (χ3n) is 6.61. The van der Waals surface area contributed by atoms with E-state index in [1.54, 1.807) is 7.11 Å². The molecule has 33 heavy (non-hydrogen) atoms. The number of carbonyl (C=O) groups excluding carboxylic acids is 1. The summed E-state index contributed by atoms with van der Waals surface area (Å²) in [5.41, 5.74) is 3.22. The number of methoxy groups -OCH3 is 1. The normalized spacial score (nSPS) is 20.5. The average Bonchev–Trinajstić information content (AvgIpc) is 2.79. The average molecular weight is 446 g/mol. The van der Waals surface area contributed by atoms with Crippen LogP contribution in [0.3, 0.4) is 0 Å². The van der Waals surface area contributed by atoms with Gasteiger partial charge in [0.25, 0.3) is 0 Å². The van der Waals surface area contributed by atoms with Crippen molar-refractivity contribution in [3.8, 4) is 17.6 Å². The Balaban J connectivity index is 1.40. The van der Waals surface area contributed by atoms with Crippen LogP contribution >= 0.6 is 0 Å². The number of rotatable bonds is 4. The van der Waals surface area contributed by atoms with Gasteiger partial charge in [-0.25, -0.2) is 4.79 Å². The summed E-state index contributed by atoms with van der Waals surface area (Å²) in [5, 5.41) is 3.06. The first kappa shape index (κ1) is 23.2. The zero-order valence-electron chi connectivity index (χ0n) is 20.0. The number of fused-ring (bicyclic) bond motifs is 1. The molecule has 2 saturated heterocycles. The standard InChI is InChI=1S/C28H35N3O2/c1-21(2)7-6-8-22-9-11-23(12-10-22)26-19-30-17-4-5-18-31(20-27(26)30)28(32)29-24-13-15-25(33-3)16-14-24/h9-16,21,26-27H,4-5,7,17-20H2,1-3H3,(H,29,32)/t26-,27+/m1/s1. The lowest BCUT2D eigenvalue weighted by atomic mass is 9.81. The fourth-order valence-corrected chi connectivity index (χ4v) is 4.62. The number of urea groups is 1. The minimum absolute atomic E-state index is 0.0246.